The topological polar surface area (TPSA) is 63.7 Å². The first kappa shape index (κ1) is 29.7. The van der Waals surface area contributed by atoms with Crippen LogP contribution in [0.4, 0.5) is 22.0 Å². The average Bonchev–Trinajstić information content (AvgIpc) is 3.13. The van der Waals surface area contributed by atoms with Crippen molar-refractivity contribution in [2.45, 2.75) is 76.8 Å². The van der Waals surface area contributed by atoms with E-state index in [0.29, 0.717) is 24.8 Å². The van der Waals surface area contributed by atoms with Crippen molar-refractivity contribution in [2.24, 2.45) is 0 Å². The number of hydrogen-bond acceptors (Lipinski definition) is 4. The van der Waals surface area contributed by atoms with Gasteiger partial charge in [0.05, 0.1) is 0 Å². The molecule has 0 bridgehead atoms. The smallest absolute Gasteiger partial charge is 0.376 e. The number of amides is 1. The number of likely N-dealkylation sites (tertiary alicyclic amines) is 1. The first-order chi connectivity index (χ1) is 15.1. The van der Waals surface area contributed by atoms with Crippen molar-refractivity contribution in [3.8, 4) is 5.75 Å². The third-order valence-electron chi connectivity index (χ3n) is 4.98. The highest BCUT2D eigenvalue weighted by molar-refractivity contribution is 7.88. The number of benzene rings is 1. The van der Waals surface area contributed by atoms with Gasteiger partial charge in [0.25, 0.3) is 0 Å². The molecule has 1 saturated carbocycles. The summed E-state index contributed by atoms with van der Waals surface area (Å²) < 4.78 is 87.0. The molecular formula is C20H26Cl2F5NO4S. The first-order valence-corrected chi connectivity index (χ1v) is 12.4. The van der Waals surface area contributed by atoms with Crippen molar-refractivity contribution in [1.29, 1.82) is 0 Å². The molecule has 1 amide bonds. The molecule has 0 unspecified atom stereocenters. The van der Waals surface area contributed by atoms with E-state index in [9.17, 15) is 35.2 Å². The monoisotopic (exact) mass is 541 g/mol. The Kier molecular flexibility index (Phi) is 10.7. The summed E-state index contributed by atoms with van der Waals surface area (Å²) in [4.78, 5) is 13.2. The lowest BCUT2D eigenvalue weighted by Crippen LogP contribution is -2.41. The molecule has 33 heavy (non-hydrogen) atoms. The summed E-state index contributed by atoms with van der Waals surface area (Å²) in [5, 5.41) is 0.00903. The summed E-state index contributed by atoms with van der Waals surface area (Å²) in [6.07, 6.45) is 2.33. The van der Waals surface area contributed by atoms with E-state index in [-0.39, 0.29) is 34.8 Å². The van der Waals surface area contributed by atoms with Gasteiger partial charge in [-0.1, -0.05) is 37.0 Å². The van der Waals surface area contributed by atoms with Crippen LogP contribution in [0.2, 0.25) is 10.0 Å². The second-order valence-corrected chi connectivity index (χ2v) is 9.63. The predicted octanol–water partition coefficient (Wildman–Crippen LogP) is 6.74. The lowest BCUT2D eigenvalue weighted by atomic mass is 9.91. The van der Waals surface area contributed by atoms with Crippen LogP contribution in [0.5, 0.6) is 5.75 Å². The van der Waals surface area contributed by atoms with E-state index in [0.717, 1.165) is 25.1 Å². The van der Waals surface area contributed by atoms with Crippen LogP contribution in [0, 0.1) is 6.92 Å². The summed E-state index contributed by atoms with van der Waals surface area (Å²) in [6.45, 7) is 6.29. The Morgan fingerprint density at radius 1 is 1.09 bits per heavy atom. The Balaban J connectivity index is 0.000000311. The number of carbonyl (C=O) groups is 1. The van der Waals surface area contributed by atoms with E-state index in [1.807, 2.05) is 13.8 Å². The highest BCUT2D eigenvalue weighted by atomic mass is 35.5. The van der Waals surface area contributed by atoms with Gasteiger partial charge in [-0.2, -0.15) is 21.6 Å². The summed E-state index contributed by atoms with van der Waals surface area (Å²) in [7, 11) is -5.71. The molecule has 0 aromatic heterocycles. The Hall–Kier alpha value is -1.33. The summed E-state index contributed by atoms with van der Waals surface area (Å²) >= 11 is 11.2. The van der Waals surface area contributed by atoms with Gasteiger partial charge in [-0.25, -0.2) is 8.78 Å². The van der Waals surface area contributed by atoms with E-state index in [1.54, 1.807) is 4.90 Å². The van der Waals surface area contributed by atoms with Gasteiger partial charge in [0.15, 0.2) is 0 Å². The third kappa shape index (κ3) is 8.43. The average molecular weight is 542 g/mol. The molecule has 0 spiro atoms. The second-order valence-electron chi connectivity index (χ2n) is 7.27. The molecule has 2 aliphatic rings. The lowest BCUT2D eigenvalue weighted by Gasteiger charge is -2.34. The fourth-order valence-corrected chi connectivity index (χ4v) is 4.15. The van der Waals surface area contributed by atoms with Crippen molar-refractivity contribution >= 4 is 39.2 Å². The van der Waals surface area contributed by atoms with Crippen LogP contribution in [0.25, 0.3) is 0 Å². The van der Waals surface area contributed by atoms with E-state index >= 15 is 0 Å². The lowest BCUT2D eigenvalue weighted by molar-refractivity contribution is -0.132. The van der Waals surface area contributed by atoms with E-state index in [1.165, 1.54) is 6.92 Å². The molecule has 1 aliphatic carbocycles. The van der Waals surface area contributed by atoms with E-state index in [2.05, 4.69) is 4.18 Å². The van der Waals surface area contributed by atoms with Crippen LogP contribution in [0.3, 0.4) is 0 Å². The van der Waals surface area contributed by atoms with Crippen molar-refractivity contribution in [3.63, 3.8) is 0 Å². The van der Waals surface area contributed by atoms with Gasteiger partial charge >= 0.3 is 15.6 Å². The maximum absolute atomic E-state index is 12.9. The molecule has 1 aliphatic heterocycles. The zero-order valence-corrected chi connectivity index (χ0v) is 20.6. The van der Waals surface area contributed by atoms with E-state index < -0.39 is 27.3 Å². The van der Waals surface area contributed by atoms with Crippen LogP contribution in [0.15, 0.2) is 12.1 Å². The van der Waals surface area contributed by atoms with Crippen LogP contribution in [-0.2, 0) is 14.9 Å². The van der Waals surface area contributed by atoms with Crippen molar-refractivity contribution in [3.05, 3.63) is 27.7 Å². The van der Waals surface area contributed by atoms with Crippen LogP contribution in [-0.4, -0.2) is 43.2 Å². The summed E-state index contributed by atoms with van der Waals surface area (Å²) in [5.74, 6) is -2.93. The Morgan fingerprint density at radius 2 is 1.58 bits per heavy atom. The normalized spacial score (nSPS) is 18.7. The molecule has 190 valence electrons. The van der Waals surface area contributed by atoms with Crippen molar-refractivity contribution in [1.82, 2.24) is 4.90 Å². The highest BCUT2D eigenvalue weighted by Crippen LogP contribution is 2.36. The number of hydrogen-bond donors (Lipinski definition) is 0. The van der Waals surface area contributed by atoms with Gasteiger partial charge in [0.2, 0.25) is 11.8 Å². The largest absolute Gasteiger partial charge is 0.534 e. The molecule has 0 radical (unpaired) electrons. The fourth-order valence-electron chi connectivity index (χ4n) is 3.24. The Bertz CT molecular complexity index is 893. The minimum atomic E-state index is -5.71. The van der Waals surface area contributed by atoms with Gasteiger partial charge in [-0.15, -0.1) is 0 Å². The zero-order valence-electron chi connectivity index (χ0n) is 18.3. The number of nitrogens with zero attached hydrogens (tertiary/aromatic N) is 1. The number of alkyl halides is 5. The zero-order chi connectivity index (χ0) is 25.6. The maximum atomic E-state index is 12.9. The molecule has 1 saturated heterocycles. The third-order valence-corrected chi connectivity index (χ3v) is 6.75. The van der Waals surface area contributed by atoms with Crippen LogP contribution < -0.4 is 4.18 Å². The van der Waals surface area contributed by atoms with Crippen molar-refractivity contribution < 1.29 is 39.3 Å². The quantitative estimate of drug-likeness (QED) is 0.241. The van der Waals surface area contributed by atoms with Crippen LogP contribution >= 0.6 is 23.2 Å². The van der Waals surface area contributed by atoms with E-state index in [4.69, 9.17) is 23.2 Å². The molecule has 13 heteroatoms. The second kappa shape index (κ2) is 11.9. The molecule has 0 N–H and O–H groups in total. The molecule has 1 aromatic carbocycles. The summed E-state index contributed by atoms with van der Waals surface area (Å²) in [5.41, 5.74) is -5.10. The fraction of sp³-hybridized carbons (Fsp3) is 0.650. The number of carbonyl (C=O) groups excluding carboxylic acids is 1. The Morgan fingerprint density at radius 3 is 1.97 bits per heavy atom. The number of rotatable bonds is 3. The molecular weight excluding hydrogens is 516 g/mol. The SMILES string of the molecule is CC.Cc1c(Cl)cc(OS(=O)(=O)C(F)(F)F)cc1Cl.O=C1CCCN1C1CCC(F)(F)CC1. The first-order valence-electron chi connectivity index (χ1n) is 10.3. The minimum Gasteiger partial charge on any atom is -0.376 e. The predicted molar refractivity (Wildman–Crippen MR) is 116 cm³/mol. The van der Waals surface area contributed by atoms with Gasteiger partial charge in [0.1, 0.15) is 5.75 Å². The van der Waals surface area contributed by atoms with Crippen molar-refractivity contribution in [2.75, 3.05) is 6.54 Å². The summed E-state index contributed by atoms with van der Waals surface area (Å²) in [6, 6.07) is 1.96. The highest BCUT2D eigenvalue weighted by Gasteiger charge is 2.48. The van der Waals surface area contributed by atoms with Gasteiger partial charge in [-0.05, 0) is 31.7 Å². The molecule has 0 atom stereocenters. The maximum Gasteiger partial charge on any atom is 0.534 e. The Labute approximate surface area is 200 Å². The van der Waals surface area contributed by atoms with Gasteiger partial charge in [-0.3, -0.25) is 4.79 Å². The van der Waals surface area contributed by atoms with Gasteiger partial charge in [0, 0.05) is 54.0 Å². The standard InChI is InChI=1S/C10H15F2NO.C8H5Cl2F3O3S.C2H6/c11-10(12)5-3-8(4-6-10)13-7-1-2-9(13)14;1-4-6(9)2-5(3-7(4)10)16-17(14,15)8(11,12)13;1-2/h8H,1-7H2;2-3H,1H3;1-2H3. The van der Waals surface area contributed by atoms with Gasteiger partial charge < -0.3 is 9.08 Å². The molecule has 3 rings (SSSR count). The van der Waals surface area contributed by atoms with Crippen LogP contribution in [0.1, 0.15) is 57.9 Å². The molecule has 1 heterocycles. The number of halogens is 7. The molecule has 2 fully saturated rings. The molecule has 1 aromatic rings. The minimum absolute atomic E-state index is 0.00451. The molecule has 5 nitrogen and oxygen atoms in total.